The van der Waals surface area contributed by atoms with Crippen molar-refractivity contribution >= 4 is 18.0 Å². The quantitative estimate of drug-likeness (QED) is 0.600. The largest absolute Gasteiger partial charge is 0.481 e. The van der Waals surface area contributed by atoms with Crippen LogP contribution in [-0.4, -0.2) is 41.3 Å². The molecule has 2 aromatic rings. The summed E-state index contributed by atoms with van der Waals surface area (Å²) < 4.78 is 5.49. The molecule has 1 atom stereocenters. The molecule has 0 aromatic heterocycles. The zero-order chi connectivity index (χ0) is 22.6. The highest BCUT2D eigenvalue weighted by molar-refractivity contribution is 5.86. The van der Waals surface area contributed by atoms with E-state index in [2.05, 4.69) is 22.8 Å². The summed E-state index contributed by atoms with van der Waals surface area (Å²) in [5.41, 5.74) is 3.56. The Morgan fingerprint density at radius 3 is 2.10 bits per heavy atom. The van der Waals surface area contributed by atoms with Gasteiger partial charge in [-0.25, -0.2) is 4.79 Å². The molecule has 0 radical (unpaired) electrons. The van der Waals surface area contributed by atoms with E-state index >= 15 is 0 Å². The zero-order valence-electron chi connectivity index (χ0n) is 18.0. The Bertz CT molecular complexity index is 940. The number of carboxylic acids is 1. The lowest BCUT2D eigenvalue weighted by molar-refractivity contribution is -0.138. The van der Waals surface area contributed by atoms with Gasteiger partial charge in [-0.05, 0) is 42.5 Å². The summed E-state index contributed by atoms with van der Waals surface area (Å²) in [6.45, 7) is 5.17. The molecule has 7 heteroatoms. The van der Waals surface area contributed by atoms with Crippen LogP contribution in [0.2, 0.25) is 0 Å². The fourth-order valence-corrected chi connectivity index (χ4v) is 3.98. The van der Waals surface area contributed by atoms with Gasteiger partial charge in [-0.3, -0.25) is 9.59 Å². The molecule has 2 aromatic carbocycles. The third kappa shape index (κ3) is 5.23. The predicted octanol–water partition coefficient (Wildman–Crippen LogP) is 3.67. The number of hydrogen-bond donors (Lipinski definition) is 3. The summed E-state index contributed by atoms with van der Waals surface area (Å²) in [5.74, 6) is -1.52. The molecule has 164 valence electrons. The van der Waals surface area contributed by atoms with Crippen molar-refractivity contribution in [3.8, 4) is 11.1 Å². The Morgan fingerprint density at radius 2 is 1.58 bits per heavy atom. The van der Waals surface area contributed by atoms with Gasteiger partial charge in [-0.1, -0.05) is 55.5 Å². The van der Waals surface area contributed by atoms with Crippen molar-refractivity contribution in [3.05, 3.63) is 59.7 Å². The summed E-state index contributed by atoms with van der Waals surface area (Å²) in [7, 11) is 0. The lowest BCUT2D eigenvalue weighted by atomic mass is 9.98. The standard InChI is InChI=1S/C24H28N2O5/c1-4-20(22(29)26-24(2,3)13-21(27)28)25-23(30)31-14-19-17-11-7-5-9-15(17)16-10-6-8-12-18(16)19/h5-12,19-20H,4,13-14H2,1-3H3,(H,25,30)(H,26,29)(H,27,28)/t20-/m1/s1. The highest BCUT2D eigenvalue weighted by Crippen LogP contribution is 2.44. The molecule has 0 unspecified atom stereocenters. The van der Waals surface area contributed by atoms with Crippen LogP contribution in [0.3, 0.4) is 0 Å². The first kappa shape index (κ1) is 22.3. The molecule has 2 amide bonds. The van der Waals surface area contributed by atoms with E-state index in [1.54, 1.807) is 20.8 Å². The van der Waals surface area contributed by atoms with Gasteiger partial charge in [0.1, 0.15) is 12.6 Å². The van der Waals surface area contributed by atoms with E-state index in [1.165, 1.54) is 0 Å². The maximum Gasteiger partial charge on any atom is 0.407 e. The molecule has 0 spiro atoms. The molecular formula is C24H28N2O5. The summed E-state index contributed by atoms with van der Waals surface area (Å²) in [5, 5.41) is 14.2. The number of hydrogen-bond acceptors (Lipinski definition) is 4. The first-order valence-corrected chi connectivity index (χ1v) is 10.4. The maximum atomic E-state index is 12.5. The number of fused-ring (bicyclic) bond motifs is 3. The molecule has 0 saturated carbocycles. The maximum absolute atomic E-state index is 12.5. The lowest BCUT2D eigenvalue weighted by Crippen LogP contribution is -2.53. The molecule has 1 aliphatic rings. The van der Waals surface area contributed by atoms with Crippen LogP contribution in [0, 0.1) is 0 Å². The van der Waals surface area contributed by atoms with Crippen molar-refractivity contribution in [2.45, 2.75) is 51.1 Å². The predicted molar refractivity (Wildman–Crippen MR) is 117 cm³/mol. The molecule has 0 heterocycles. The Balaban J connectivity index is 1.62. The van der Waals surface area contributed by atoms with Crippen LogP contribution in [-0.2, 0) is 14.3 Å². The van der Waals surface area contributed by atoms with Crippen molar-refractivity contribution in [2.75, 3.05) is 6.61 Å². The van der Waals surface area contributed by atoms with Crippen LogP contribution in [0.1, 0.15) is 50.7 Å². The van der Waals surface area contributed by atoms with Crippen molar-refractivity contribution in [1.82, 2.24) is 10.6 Å². The molecular weight excluding hydrogens is 396 g/mol. The zero-order valence-corrected chi connectivity index (χ0v) is 18.0. The first-order valence-electron chi connectivity index (χ1n) is 10.4. The second kappa shape index (κ2) is 9.20. The first-order chi connectivity index (χ1) is 14.7. The van der Waals surface area contributed by atoms with E-state index in [4.69, 9.17) is 9.84 Å². The highest BCUT2D eigenvalue weighted by atomic mass is 16.5. The van der Waals surface area contributed by atoms with Gasteiger partial charge in [0.25, 0.3) is 0 Å². The molecule has 31 heavy (non-hydrogen) atoms. The number of amides is 2. The van der Waals surface area contributed by atoms with E-state index in [0.717, 1.165) is 22.3 Å². The van der Waals surface area contributed by atoms with Crippen molar-refractivity contribution in [3.63, 3.8) is 0 Å². The third-order valence-electron chi connectivity index (χ3n) is 5.42. The molecule has 3 N–H and O–H groups in total. The SMILES string of the molecule is CC[C@@H](NC(=O)OCC1c2ccccc2-c2ccccc21)C(=O)NC(C)(C)CC(=O)O. The summed E-state index contributed by atoms with van der Waals surface area (Å²) in [4.78, 5) is 35.9. The number of rotatable bonds is 8. The minimum atomic E-state index is -1.01. The van der Waals surface area contributed by atoms with Gasteiger partial charge in [0.05, 0.1) is 6.42 Å². The van der Waals surface area contributed by atoms with Crippen LogP contribution < -0.4 is 10.6 Å². The second-order valence-corrected chi connectivity index (χ2v) is 8.37. The van der Waals surface area contributed by atoms with Crippen LogP contribution >= 0.6 is 0 Å². The topological polar surface area (TPSA) is 105 Å². The molecule has 1 aliphatic carbocycles. The van der Waals surface area contributed by atoms with Gasteiger partial charge in [0, 0.05) is 11.5 Å². The summed E-state index contributed by atoms with van der Waals surface area (Å²) >= 11 is 0. The Hall–Kier alpha value is -3.35. The third-order valence-corrected chi connectivity index (χ3v) is 5.42. The Labute approximate surface area is 181 Å². The Kier molecular flexibility index (Phi) is 6.63. The van der Waals surface area contributed by atoms with Gasteiger partial charge in [-0.15, -0.1) is 0 Å². The van der Waals surface area contributed by atoms with Crippen LogP contribution in [0.5, 0.6) is 0 Å². The van der Waals surface area contributed by atoms with E-state index < -0.39 is 29.6 Å². The number of nitrogens with one attached hydrogen (secondary N) is 2. The molecule has 7 nitrogen and oxygen atoms in total. The van der Waals surface area contributed by atoms with E-state index in [1.807, 2.05) is 36.4 Å². The second-order valence-electron chi connectivity index (χ2n) is 8.37. The monoisotopic (exact) mass is 424 g/mol. The molecule has 0 bridgehead atoms. The average Bonchev–Trinajstić information content (AvgIpc) is 3.03. The minimum Gasteiger partial charge on any atom is -0.481 e. The fourth-order valence-electron chi connectivity index (χ4n) is 3.98. The summed E-state index contributed by atoms with van der Waals surface area (Å²) in [6, 6.07) is 15.3. The normalized spacial score (nSPS) is 13.6. The van der Waals surface area contributed by atoms with Crippen molar-refractivity contribution < 1.29 is 24.2 Å². The molecule has 3 rings (SSSR count). The lowest BCUT2D eigenvalue weighted by Gasteiger charge is -2.27. The van der Waals surface area contributed by atoms with Crippen LogP contribution in [0.25, 0.3) is 11.1 Å². The smallest absolute Gasteiger partial charge is 0.407 e. The molecule has 0 aliphatic heterocycles. The number of benzene rings is 2. The van der Waals surface area contributed by atoms with E-state index in [-0.39, 0.29) is 18.9 Å². The van der Waals surface area contributed by atoms with E-state index in [0.29, 0.717) is 6.42 Å². The molecule has 0 saturated heterocycles. The number of aliphatic carboxylic acids is 1. The van der Waals surface area contributed by atoms with Gasteiger partial charge >= 0.3 is 12.1 Å². The number of ether oxygens (including phenoxy) is 1. The minimum absolute atomic E-state index is 0.0680. The number of alkyl carbamates (subject to hydrolysis) is 1. The number of carbonyl (C=O) groups excluding carboxylic acids is 2. The number of carbonyl (C=O) groups is 3. The highest BCUT2D eigenvalue weighted by Gasteiger charge is 2.31. The van der Waals surface area contributed by atoms with Gasteiger partial charge < -0.3 is 20.5 Å². The van der Waals surface area contributed by atoms with Crippen LogP contribution in [0.15, 0.2) is 48.5 Å². The fraction of sp³-hybridized carbons (Fsp3) is 0.375. The van der Waals surface area contributed by atoms with Crippen molar-refractivity contribution in [2.24, 2.45) is 0 Å². The molecule has 0 fully saturated rings. The average molecular weight is 424 g/mol. The van der Waals surface area contributed by atoms with Crippen LogP contribution in [0.4, 0.5) is 4.79 Å². The van der Waals surface area contributed by atoms with Gasteiger partial charge in [0.15, 0.2) is 0 Å². The van der Waals surface area contributed by atoms with Crippen molar-refractivity contribution in [1.29, 1.82) is 0 Å². The van der Waals surface area contributed by atoms with E-state index in [9.17, 15) is 14.4 Å². The van der Waals surface area contributed by atoms with Gasteiger partial charge in [0.2, 0.25) is 5.91 Å². The van der Waals surface area contributed by atoms with Gasteiger partial charge in [-0.2, -0.15) is 0 Å². The number of carboxylic acid groups (broad SMARTS) is 1. The Morgan fingerprint density at radius 1 is 1.03 bits per heavy atom. The summed E-state index contributed by atoms with van der Waals surface area (Å²) in [6.07, 6.45) is -0.556.